The van der Waals surface area contributed by atoms with Crippen molar-refractivity contribution in [1.82, 2.24) is 15.5 Å². The van der Waals surface area contributed by atoms with E-state index in [4.69, 9.17) is 0 Å². The lowest BCUT2D eigenvalue weighted by atomic mass is 10.3. The maximum absolute atomic E-state index is 11.9. The number of aromatic nitrogens is 2. The SMILES string of the molecule is CC(Sc1nnc(NCCc2cccs2)s1)C(=O)NC1CC1. The molecule has 2 aromatic heterocycles. The van der Waals surface area contributed by atoms with Crippen LogP contribution in [0.2, 0.25) is 0 Å². The van der Waals surface area contributed by atoms with Crippen molar-refractivity contribution < 1.29 is 4.79 Å². The highest BCUT2D eigenvalue weighted by molar-refractivity contribution is 8.02. The van der Waals surface area contributed by atoms with E-state index >= 15 is 0 Å². The first-order valence-corrected chi connectivity index (χ1v) is 9.85. The van der Waals surface area contributed by atoms with Gasteiger partial charge in [0, 0.05) is 17.5 Å². The second-order valence-corrected chi connectivity index (χ2v) is 8.77. The van der Waals surface area contributed by atoms with Crippen molar-refractivity contribution in [2.75, 3.05) is 11.9 Å². The minimum atomic E-state index is -0.132. The van der Waals surface area contributed by atoms with Crippen LogP contribution >= 0.6 is 34.4 Å². The van der Waals surface area contributed by atoms with E-state index in [1.165, 1.54) is 28.0 Å². The van der Waals surface area contributed by atoms with Gasteiger partial charge in [0.15, 0.2) is 4.34 Å². The number of hydrogen-bond donors (Lipinski definition) is 2. The summed E-state index contributed by atoms with van der Waals surface area (Å²) in [5, 5.41) is 17.3. The smallest absolute Gasteiger partial charge is 0.233 e. The molecule has 2 aromatic rings. The Bertz CT molecular complexity index is 609. The molecule has 0 spiro atoms. The van der Waals surface area contributed by atoms with Crippen molar-refractivity contribution in [3.8, 4) is 0 Å². The number of carbonyl (C=O) groups is 1. The van der Waals surface area contributed by atoms with E-state index in [0.717, 1.165) is 35.3 Å². The van der Waals surface area contributed by atoms with Crippen LogP contribution in [0.3, 0.4) is 0 Å². The number of nitrogens with zero attached hydrogens (tertiary/aromatic N) is 2. The van der Waals surface area contributed by atoms with Crippen LogP contribution in [0.15, 0.2) is 21.9 Å². The third-order valence-electron chi connectivity index (χ3n) is 3.20. The highest BCUT2D eigenvalue weighted by Gasteiger charge is 2.26. The number of nitrogens with one attached hydrogen (secondary N) is 2. The predicted molar refractivity (Wildman–Crippen MR) is 92.9 cm³/mol. The largest absolute Gasteiger partial charge is 0.360 e. The molecular formula is C14H18N4OS3. The molecule has 1 fully saturated rings. The van der Waals surface area contributed by atoms with Crippen LogP contribution in [0.25, 0.3) is 0 Å². The van der Waals surface area contributed by atoms with Crippen LogP contribution in [-0.4, -0.2) is 33.9 Å². The van der Waals surface area contributed by atoms with E-state index in [2.05, 4.69) is 38.3 Å². The summed E-state index contributed by atoms with van der Waals surface area (Å²) in [6.07, 6.45) is 3.21. The van der Waals surface area contributed by atoms with Crippen molar-refractivity contribution in [1.29, 1.82) is 0 Å². The molecular weight excluding hydrogens is 336 g/mol. The van der Waals surface area contributed by atoms with E-state index in [9.17, 15) is 4.79 Å². The molecule has 22 heavy (non-hydrogen) atoms. The maximum Gasteiger partial charge on any atom is 0.233 e. The molecule has 1 atom stereocenters. The zero-order chi connectivity index (χ0) is 15.4. The quantitative estimate of drug-likeness (QED) is 0.713. The topological polar surface area (TPSA) is 66.9 Å². The molecule has 3 rings (SSSR count). The number of amides is 1. The predicted octanol–water partition coefficient (Wildman–Crippen LogP) is 3.01. The average molecular weight is 355 g/mol. The molecule has 0 saturated heterocycles. The molecule has 1 unspecified atom stereocenters. The molecule has 1 aliphatic carbocycles. The summed E-state index contributed by atoms with van der Waals surface area (Å²) in [4.78, 5) is 13.3. The van der Waals surface area contributed by atoms with Gasteiger partial charge in [-0.05, 0) is 37.6 Å². The number of hydrogen-bond acceptors (Lipinski definition) is 7. The molecule has 0 aromatic carbocycles. The van der Waals surface area contributed by atoms with Crippen LogP contribution in [0.1, 0.15) is 24.6 Å². The van der Waals surface area contributed by atoms with Crippen molar-refractivity contribution in [3.05, 3.63) is 22.4 Å². The summed E-state index contributed by atoms with van der Waals surface area (Å²) in [5.41, 5.74) is 0. The van der Waals surface area contributed by atoms with Gasteiger partial charge in [-0.2, -0.15) is 0 Å². The summed E-state index contributed by atoms with van der Waals surface area (Å²) < 4.78 is 0.831. The normalized spacial score (nSPS) is 15.5. The van der Waals surface area contributed by atoms with Gasteiger partial charge < -0.3 is 10.6 Å². The Labute approximate surface area is 141 Å². The summed E-state index contributed by atoms with van der Waals surface area (Å²) in [5.74, 6) is 0.0925. The summed E-state index contributed by atoms with van der Waals surface area (Å²) in [6, 6.07) is 4.60. The molecule has 0 bridgehead atoms. The lowest BCUT2D eigenvalue weighted by Crippen LogP contribution is -2.32. The van der Waals surface area contributed by atoms with E-state index < -0.39 is 0 Å². The van der Waals surface area contributed by atoms with Crippen molar-refractivity contribution in [2.45, 2.75) is 41.8 Å². The van der Waals surface area contributed by atoms with Gasteiger partial charge in [-0.25, -0.2) is 0 Å². The van der Waals surface area contributed by atoms with Gasteiger partial charge >= 0.3 is 0 Å². The molecule has 1 amide bonds. The summed E-state index contributed by atoms with van der Waals surface area (Å²) in [7, 11) is 0. The third kappa shape index (κ3) is 4.69. The van der Waals surface area contributed by atoms with Gasteiger partial charge in [0.2, 0.25) is 11.0 Å². The fraction of sp³-hybridized carbons (Fsp3) is 0.500. The summed E-state index contributed by atoms with van der Waals surface area (Å²) >= 11 is 4.74. The first kappa shape index (κ1) is 15.8. The van der Waals surface area contributed by atoms with Gasteiger partial charge in [0.1, 0.15) is 0 Å². The Kier molecular flexibility index (Phi) is 5.32. The Balaban J connectivity index is 1.42. The number of thioether (sulfide) groups is 1. The number of rotatable bonds is 8. The van der Waals surface area contributed by atoms with Crippen LogP contribution in [-0.2, 0) is 11.2 Å². The first-order valence-electron chi connectivity index (χ1n) is 7.27. The molecule has 1 aliphatic rings. The Morgan fingerprint density at radius 1 is 1.50 bits per heavy atom. The van der Waals surface area contributed by atoms with Crippen LogP contribution < -0.4 is 10.6 Å². The molecule has 2 N–H and O–H groups in total. The van der Waals surface area contributed by atoms with Gasteiger partial charge in [-0.1, -0.05) is 29.2 Å². The van der Waals surface area contributed by atoms with Crippen molar-refractivity contribution in [2.24, 2.45) is 0 Å². The average Bonchev–Trinajstić information content (AvgIpc) is 2.99. The minimum absolute atomic E-state index is 0.0925. The molecule has 2 heterocycles. The molecule has 5 nitrogen and oxygen atoms in total. The molecule has 0 aliphatic heterocycles. The van der Waals surface area contributed by atoms with Crippen LogP contribution in [0, 0.1) is 0 Å². The highest BCUT2D eigenvalue weighted by atomic mass is 32.2. The zero-order valence-electron chi connectivity index (χ0n) is 12.2. The summed E-state index contributed by atoms with van der Waals surface area (Å²) in [6.45, 7) is 2.76. The fourth-order valence-electron chi connectivity index (χ4n) is 1.83. The van der Waals surface area contributed by atoms with Crippen molar-refractivity contribution in [3.63, 3.8) is 0 Å². The second-order valence-electron chi connectivity index (χ2n) is 5.17. The Morgan fingerprint density at radius 2 is 2.36 bits per heavy atom. The second kappa shape index (κ2) is 7.43. The van der Waals surface area contributed by atoms with Crippen molar-refractivity contribution >= 4 is 45.5 Å². The van der Waals surface area contributed by atoms with Crippen LogP contribution in [0.5, 0.6) is 0 Å². The number of thiophene rings is 1. The highest BCUT2D eigenvalue weighted by Crippen LogP contribution is 2.29. The molecule has 118 valence electrons. The zero-order valence-corrected chi connectivity index (χ0v) is 14.7. The number of carbonyl (C=O) groups excluding carboxylic acids is 1. The molecule has 0 radical (unpaired) electrons. The standard InChI is InChI=1S/C14H18N4OS3/c1-9(12(19)16-10-4-5-10)21-14-18-17-13(22-14)15-7-6-11-3-2-8-20-11/h2-3,8-10H,4-7H2,1H3,(H,15,17)(H,16,19). The number of anilines is 1. The van der Waals surface area contributed by atoms with Gasteiger partial charge in [0.25, 0.3) is 0 Å². The monoisotopic (exact) mass is 354 g/mol. The van der Waals surface area contributed by atoms with Gasteiger partial charge in [-0.3, -0.25) is 4.79 Å². The van der Waals surface area contributed by atoms with E-state index in [1.807, 2.05) is 6.92 Å². The molecule has 8 heteroatoms. The van der Waals surface area contributed by atoms with Gasteiger partial charge in [0.05, 0.1) is 5.25 Å². The minimum Gasteiger partial charge on any atom is -0.360 e. The van der Waals surface area contributed by atoms with E-state index in [1.54, 1.807) is 11.3 Å². The first-order chi connectivity index (χ1) is 10.7. The fourth-order valence-corrected chi connectivity index (χ4v) is 4.47. The maximum atomic E-state index is 11.9. The van der Waals surface area contributed by atoms with E-state index in [-0.39, 0.29) is 11.2 Å². The third-order valence-corrected chi connectivity index (χ3v) is 6.21. The lowest BCUT2D eigenvalue weighted by molar-refractivity contribution is -0.120. The molecule has 1 saturated carbocycles. The van der Waals surface area contributed by atoms with E-state index in [0.29, 0.717) is 6.04 Å². The Morgan fingerprint density at radius 3 is 3.09 bits per heavy atom. The Hall–Kier alpha value is -1.12. The lowest BCUT2D eigenvalue weighted by Gasteiger charge is -2.08. The van der Waals surface area contributed by atoms with Crippen LogP contribution in [0.4, 0.5) is 5.13 Å². The van der Waals surface area contributed by atoms with Gasteiger partial charge in [-0.15, -0.1) is 21.5 Å².